The Bertz CT molecular complexity index is 1680. The van der Waals surface area contributed by atoms with Crippen LogP contribution in [0.25, 0.3) is 22.3 Å². The molecule has 0 aliphatic heterocycles. The molecule has 190 valence electrons. The van der Waals surface area contributed by atoms with Crippen LogP contribution in [0.3, 0.4) is 0 Å². The van der Waals surface area contributed by atoms with Crippen molar-refractivity contribution >= 4 is 32.6 Å². The van der Waals surface area contributed by atoms with Crippen LogP contribution in [0.1, 0.15) is 53.0 Å². The average Bonchev–Trinajstić information content (AvgIpc) is 3.73. The maximum atomic E-state index is 13.3. The fraction of sp³-hybridized carbons (Fsp3) is 0.250. The minimum Gasteiger partial charge on any atom is -0.455 e. The number of amides is 1. The van der Waals surface area contributed by atoms with Gasteiger partial charge in [-0.15, -0.1) is 0 Å². The molecule has 9 heteroatoms. The Kier molecular flexibility index (Phi) is 6.33. The van der Waals surface area contributed by atoms with E-state index in [0.717, 1.165) is 16.7 Å². The van der Waals surface area contributed by atoms with Crippen molar-refractivity contribution in [2.45, 2.75) is 44.9 Å². The molecule has 0 bridgehead atoms. The van der Waals surface area contributed by atoms with Crippen molar-refractivity contribution in [2.75, 3.05) is 5.32 Å². The van der Waals surface area contributed by atoms with Crippen LogP contribution >= 0.6 is 0 Å². The van der Waals surface area contributed by atoms with Gasteiger partial charge in [0.2, 0.25) is 10.0 Å². The second-order valence-corrected chi connectivity index (χ2v) is 11.4. The fourth-order valence-corrected chi connectivity index (χ4v) is 5.69. The van der Waals surface area contributed by atoms with E-state index in [9.17, 15) is 18.0 Å². The predicted molar refractivity (Wildman–Crippen MR) is 143 cm³/mol. The molecule has 1 aliphatic carbocycles. The Balaban J connectivity index is 1.55. The number of rotatable bonds is 7. The highest BCUT2D eigenvalue weighted by Gasteiger charge is 2.37. The maximum absolute atomic E-state index is 13.3. The lowest BCUT2D eigenvalue weighted by atomic mass is 9.98. The molecule has 1 atom stereocenters. The van der Waals surface area contributed by atoms with Gasteiger partial charge < -0.3 is 9.73 Å². The standard InChI is InChI=1S/C28H27N3O5S/c1-16-14-21(27-22(15-16)25(32)17(2)26(36-27)19-8-5-4-6-9-19)18(3)30-23-10-7-13-29-24(23)28(33)31-37(34,35)20-11-12-20/h4-10,13-15,18,20,30H,11-12H2,1-3H3,(H,31,33). The van der Waals surface area contributed by atoms with Gasteiger partial charge in [-0.05, 0) is 57.4 Å². The zero-order chi connectivity index (χ0) is 26.3. The quantitative estimate of drug-likeness (QED) is 0.359. The van der Waals surface area contributed by atoms with Crippen LogP contribution in [-0.4, -0.2) is 24.6 Å². The Morgan fingerprint density at radius 1 is 1.08 bits per heavy atom. The number of fused-ring (bicyclic) bond motifs is 1. The molecule has 1 amide bonds. The Labute approximate surface area is 214 Å². The summed E-state index contributed by atoms with van der Waals surface area (Å²) in [6.45, 7) is 5.54. The summed E-state index contributed by atoms with van der Waals surface area (Å²) in [6, 6.07) is 16.1. The van der Waals surface area contributed by atoms with Crippen molar-refractivity contribution < 1.29 is 17.6 Å². The van der Waals surface area contributed by atoms with Crippen LogP contribution in [0.4, 0.5) is 5.69 Å². The number of hydrogen-bond acceptors (Lipinski definition) is 7. The van der Waals surface area contributed by atoms with Crippen molar-refractivity contribution in [3.8, 4) is 11.3 Å². The molecule has 4 aromatic rings. The Morgan fingerprint density at radius 2 is 1.81 bits per heavy atom. The number of nitrogens with one attached hydrogen (secondary N) is 2. The molecule has 2 N–H and O–H groups in total. The number of carbonyl (C=O) groups excluding carboxylic acids is 1. The highest BCUT2D eigenvalue weighted by atomic mass is 32.2. The third-order valence-corrected chi connectivity index (χ3v) is 8.31. The minimum atomic E-state index is -3.72. The normalized spacial score (nSPS) is 14.4. The SMILES string of the molecule is Cc1cc(C(C)Nc2cccnc2C(=O)NS(=O)(=O)C2CC2)c2oc(-c3ccccc3)c(C)c(=O)c2c1. The van der Waals surface area contributed by atoms with Gasteiger partial charge in [-0.2, -0.15) is 0 Å². The molecule has 8 nitrogen and oxygen atoms in total. The van der Waals surface area contributed by atoms with E-state index in [2.05, 4.69) is 15.0 Å². The number of anilines is 1. The van der Waals surface area contributed by atoms with Crippen molar-refractivity contribution in [3.63, 3.8) is 0 Å². The molecule has 1 fully saturated rings. The number of nitrogens with zero attached hydrogens (tertiary/aromatic N) is 1. The van der Waals surface area contributed by atoms with E-state index in [1.54, 1.807) is 19.1 Å². The zero-order valence-corrected chi connectivity index (χ0v) is 21.6. The predicted octanol–water partition coefficient (Wildman–Crippen LogP) is 4.87. The van der Waals surface area contributed by atoms with Gasteiger partial charge in [0, 0.05) is 22.9 Å². The van der Waals surface area contributed by atoms with E-state index in [-0.39, 0.29) is 11.1 Å². The first kappa shape index (κ1) is 24.7. The number of carbonyl (C=O) groups is 1. The van der Waals surface area contributed by atoms with Gasteiger partial charge in [0.25, 0.3) is 5.91 Å². The van der Waals surface area contributed by atoms with E-state index in [1.165, 1.54) is 6.20 Å². The smallest absolute Gasteiger partial charge is 0.285 e. The lowest BCUT2D eigenvalue weighted by Crippen LogP contribution is -2.34. The average molecular weight is 518 g/mol. The molecular formula is C28H27N3O5S. The summed E-state index contributed by atoms with van der Waals surface area (Å²) in [5, 5.41) is 3.22. The molecule has 0 spiro atoms. The molecular weight excluding hydrogens is 490 g/mol. The summed E-state index contributed by atoms with van der Waals surface area (Å²) in [5.41, 5.74) is 3.62. The van der Waals surface area contributed by atoms with Crippen LogP contribution in [0.15, 0.2) is 70.0 Å². The number of pyridine rings is 1. The van der Waals surface area contributed by atoms with Crippen molar-refractivity contribution in [1.29, 1.82) is 0 Å². The highest BCUT2D eigenvalue weighted by molar-refractivity contribution is 7.91. The molecule has 2 heterocycles. The number of aromatic nitrogens is 1. The van der Waals surface area contributed by atoms with Gasteiger partial charge in [0.05, 0.1) is 22.4 Å². The van der Waals surface area contributed by atoms with Gasteiger partial charge in [0.15, 0.2) is 11.1 Å². The Morgan fingerprint density at radius 3 is 2.51 bits per heavy atom. The number of sulfonamides is 1. The summed E-state index contributed by atoms with van der Waals surface area (Å²) in [7, 11) is -3.72. The summed E-state index contributed by atoms with van der Waals surface area (Å²) >= 11 is 0. The molecule has 5 rings (SSSR count). The van der Waals surface area contributed by atoms with Gasteiger partial charge in [-0.1, -0.05) is 36.4 Å². The van der Waals surface area contributed by atoms with E-state index < -0.39 is 27.2 Å². The monoisotopic (exact) mass is 517 g/mol. The van der Waals surface area contributed by atoms with Crippen molar-refractivity contribution in [3.05, 3.63) is 93.4 Å². The zero-order valence-electron chi connectivity index (χ0n) is 20.7. The number of benzene rings is 2. The lowest BCUT2D eigenvalue weighted by Gasteiger charge is -2.20. The van der Waals surface area contributed by atoms with E-state index in [0.29, 0.717) is 40.8 Å². The topological polar surface area (TPSA) is 118 Å². The molecule has 0 radical (unpaired) electrons. The number of hydrogen-bond donors (Lipinski definition) is 2. The number of aryl methyl sites for hydroxylation is 1. The first-order valence-electron chi connectivity index (χ1n) is 12.1. The largest absolute Gasteiger partial charge is 0.455 e. The molecule has 1 aliphatic rings. The van der Waals surface area contributed by atoms with Crippen molar-refractivity contribution in [1.82, 2.24) is 9.71 Å². The Hall–Kier alpha value is -3.98. The van der Waals surface area contributed by atoms with E-state index >= 15 is 0 Å². The highest BCUT2D eigenvalue weighted by Crippen LogP contribution is 2.33. The summed E-state index contributed by atoms with van der Waals surface area (Å²) in [5.74, 6) is -0.285. The van der Waals surface area contributed by atoms with Gasteiger partial charge in [0.1, 0.15) is 11.3 Å². The first-order chi connectivity index (χ1) is 17.7. The molecule has 1 unspecified atom stereocenters. The molecule has 0 saturated heterocycles. The first-order valence-corrected chi connectivity index (χ1v) is 13.6. The van der Waals surface area contributed by atoms with Crippen LogP contribution in [0.2, 0.25) is 0 Å². The molecule has 37 heavy (non-hydrogen) atoms. The van der Waals surface area contributed by atoms with E-state index in [4.69, 9.17) is 4.42 Å². The third-order valence-electron chi connectivity index (χ3n) is 6.49. The van der Waals surface area contributed by atoms with Gasteiger partial charge >= 0.3 is 0 Å². The molecule has 1 saturated carbocycles. The second kappa shape index (κ2) is 9.48. The second-order valence-electron chi connectivity index (χ2n) is 9.42. The molecule has 2 aromatic carbocycles. The summed E-state index contributed by atoms with van der Waals surface area (Å²) in [4.78, 5) is 30.3. The molecule has 2 aromatic heterocycles. The summed E-state index contributed by atoms with van der Waals surface area (Å²) < 4.78 is 33.1. The summed E-state index contributed by atoms with van der Waals surface area (Å²) in [6.07, 6.45) is 2.52. The van der Waals surface area contributed by atoms with E-state index in [1.807, 2.05) is 56.3 Å². The van der Waals surface area contributed by atoms with Crippen LogP contribution in [0, 0.1) is 13.8 Å². The third kappa shape index (κ3) is 4.86. The van der Waals surface area contributed by atoms with Gasteiger partial charge in [-0.3, -0.25) is 9.59 Å². The minimum absolute atomic E-state index is 0.0298. The lowest BCUT2D eigenvalue weighted by molar-refractivity contribution is 0.0977. The maximum Gasteiger partial charge on any atom is 0.285 e. The van der Waals surface area contributed by atoms with Crippen molar-refractivity contribution in [2.24, 2.45) is 0 Å². The van der Waals surface area contributed by atoms with Crippen LogP contribution in [-0.2, 0) is 10.0 Å². The van der Waals surface area contributed by atoms with Crippen LogP contribution < -0.4 is 15.5 Å². The fourth-order valence-electron chi connectivity index (χ4n) is 4.41. The van der Waals surface area contributed by atoms with Gasteiger partial charge in [-0.25, -0.2) is 18.1 Å². The van der Waals surface area contributed by atoms with Crippen LogP contribution in [0.5, 0.6) is 0 Å².